The molecule has 2 aromatic rings. The van der Waals surface area contributed by atoms with E-state index in [9.17, 15) is 0 Å². The van der Waals surface area contributed by atoms with Gasteiger partial charge in [0.2, 0.25) is 5.89 Å². The van der Waals surface area contributed by atoms with Crippen LogP contribution in [0.3, 0.4) is 0 Å². The fourth-order valence-corrected chi connectivity index (χ4v) is 2.48. The summed E-state index contributed by atoms with van der Waals surface area (Å²) in [5, 5.41) is 5.21. The summed E-state index contributed by atoms with van der Waals surface area (Å²) < 4.78 is 5.29. The summed E-state index contributed by atoms with van der Waals surface area (Å²) in [7, 11) is 0. The van der Waals surface area contributed by atoms with Crippen molar-refractivity contribution in [3.63, 3.8) is 0 Å². The molecule has 0 bridgehead atoms. The molecule has 0 fully saturated rings. The molecule has 1 aromatic heterocycles. The zero-order valence-electron chi connectivity index (χ0n) is 11.3. The summed E-state index contributed by atoms with van der Waals surface area (Å²) in [6.45, 7) is 2.72. The van der Waals surface area contributed by atoms with Gasteiger partial charge in [-0.15, -0.1) is 0 Å². The number of nitrogens with zero attached hydrogens (tertiary/aromatic N) is 2. The monoisotopic (exact) mass is 313 g/mol. The predicted molar refractivity (Wildman–Crippen MR) is 80.3 cm³/mol. The largest absolute Gasteiger partial charge is 0.339 e. The molecule has 108 valence electrons. The molecule has 6 heteroatoms. The van der Waals surface area contributed by atoms with Crippen molar-refractivity contribution >= 4 is 23.2 Å². The highest BCUT2D eigenvalue weighted by Gasteiger charge is 2.15. The van der Waals surface area contributed by atoms with Gasteiger partial charge in [0.25, 0.3) is 0 Å². The molecule has 0 spiro atoms. The van der Waals surface area contributed by atoms with Crippen molar-refractivity contribution in [1.29, 1.82) is 0 Å². The third-order valence-corrected chi connectivity index (χ3v) is 3.85. The molecular formula is C14H17Cl2N3O. The summed E-state index contributed by atoms with van der Waals surface area (Å²) in [6.07, 6.45) is 2.34. The van der Waals surface area contributed by atoms with Gasteiger partial charge in [-0.1, -0.05) is 41.3 Å². The van der Waals surface area contributed by atoms with Crippen LogP contribution in [-0.2, 0) is 6.42 Å². The smallest absolute Gasteiger partial charge is 0.229 e. The van der Waals surface area contributed by atoms with Crippen molar-refractivity contribution < 1.29 is 4.52 Å². The number of hydrogen-bond donors (Lipinski definition) is 1. The molecule has 0 radical (unpaired) electrons. The van der Waals surface area contributed by atoms with Crippen molar-refractivity contribution in [1.82, 2.24) is 10.1 Å². The summed E-state index contributed by atoms with van der Waals surface area (Å²) in [4.78, 5) is 4.40. The number of halogens is 2. The average Bonchev–Trinajstić information content (AvgIpc) is 2.89. The zero-order valence-corrected chi connectivity index (χ0v) is 12.8. The zero-order chi connectivity index (χ0) is 14.5. The number of hydrogen-bond acceptors (Lipinski definition) is 4. The molecule has 0 saturated carbocycles. The van der Waals surface area contributed by atoms with Crippen molar-refractivity contribution in [2.24, 2.45) is 5.73 Å². The maximum Gasteiger partial charge on any atom is 0.229 e. The predicted octanol–water partition coefficient (Wildman–Crippen LogP) is 3.81. The molecule has 0 amide bonds. The van der Waals surface area contributed by atoms with Gasteiger partial charge in [-0.25, -0.2) is 0 Å². The fourth-order valence-electron chi connectivity index (χ4n) is 1.95. The van der Waals surface area contributed by atoms with Crippen LogP contribution in [0.15, 0.2) is 22.7 Å². The summed E-state index contributed by atoms with van der Waals surface area (Å²) in [5.41, 5.74) is 6.32. The van der Waals surface area contributed by atoms with Crippen LogP contribution >= 0.6 is 23.2 Å². The molecule has 1 atom stereocenters. The van der Waals surface area contributed by atoms with Gasteiger partial charge in [0, 0.05) is 22.4 Å². The Morgan fingerprint density at radius 3 is 2.65 bits per heavy atom. The Balaban J connectivity index is 2.10. The van der Waals surface area contributed by atoms with Crippen LogP contribution in [0.1, 0.15) is 43.0 Å². The minimum Gasteiger partial charge on any atom is -0.339 e. The Bertz CT molecular complexity index is 551. The van der Waals surface area contributed by atoms with Gasteiger partial charge in [-0.3, -0.25) is 0 Å². The molecule has 0 aliphatic rings. The van der Waals surface area contributed by atoms with Crippen LogP contribution in [0, 0.1) is 0 Å². The lowest BCUT2D eigenvalue weighted by molar-refractivity contribution is 0.349. The number of aromatic nitrogens is 2. The Hall–Kier alpha value is -1.10. The molecule has 20 heavy (non-hydrogen) atoms. The molecule has 1 aromatic carbocycles. The van der Waals surface area contributed by atoms with Crippen LogP contribution in [0.25, 0.3) is 0 Å². The fraction of sp³-hybridized carbons (Fsp3) is 0.429. The molecular weight excluding hydrogens is 297 g/mol. The number of rotatable bonds is 6. The van der Waals surface area contributed by atoms with E-state index in [1.807, 2.05) is 6.07 Å². The minimum absolute atomic E-state index is 0.210. The molecule has 2 N–H and O–H groups in total. The van der Waals surface area contributed by atoms with E-state index in [0.29, 0.717) is 34.7 Å². The van der Waals surface area contributed by atoms with Crippen LogP contribution in [0.4, 0.5) is 0 Å². The average molecular weight is 314 g/mol. The first-order valence-corrected chi connectivity index (χ1v) is 7.33. The van der Waals surface area contributed by atoms with Gasteiger partial charge in [-0.05, 0) is 37.1 Å². The van der Waals surface area contributed by atoms with Crippen molar-refractivity contribution in [3.05, 3.63) is 45.5 Å². The van der Waals surface area contributed by atoms with Crippen molar-refractivity contribution in [2.75, 3.05) is 6.54 Å². The van der Waals surface area contributed by atoms with Crippen LogP contribution in [0.2, 0.25) is 10.0 Å². The molecule has 0 saturated heterocycles. The van der Waals surface area contributed by atoms with E-state index < -0.39 is 0 Å². The normalized spacial score (nSPS) is 12.6. The second-order valence-electron chi connectivity index (χ2n) is 4.76. The molecule has 1 heterocycles. The summed E-state index contributed by atoms with van der Waals surface area (Å²) in [5.74, 6) is 1.44. The molecule has 4 nitrogen and oxygen atoms in total. The maximum absolute atomic E-state index is 6.13. The third kappa shape index (κ3) is 3.72. The van der Waals surface area contributed by atoms with E-state index in [4.69, 9.17) is 33.5 Å². The van der Waals surface area contributed by atoms with Gasteiger partial charge in [0.05, 0.1) is 0 Å². The SMILES string of the molecule is CC(CCCN)c1nc(Cc2c(Cl)cccc2Cl)no1. The second-order valence-corrected chi connectivity index (χ2v) is 5.57. The van der Waals surface area contributed by atoms with E-state index in [0.717, 1.165) is 18.4 Å². The highest BCUT2D eigenvalue weighted by atomic mass is 35.5. The maximum atomic E-state index is 6.13. The van der Waals surface area contributed by atoms with Crippen LogP contribution in [-0.4, -0.2) is 16.7 Å². The lowest BCUT2D eigenvalue weighted by Crippen LogP contribution is -2.02. The van der Waals surface area contributed by atoms with Gasteiger partial charge < -0.3 is 10.3 Å². The van der Waals surface area contributed by atoms with Crippen molar-refractivity contribution in [3.8, 4) is 0 Å². The number of nitrogens with two attached hydrogens (primary N) is 1. The van der Waals surface area contributed by atoms with E-state index in [2.05, 4.69) is 17.1 Å². The molecule has 0 aliphatic carbocycles. The Morgan fingerprint density at radius 1 is 1.30 bits per heavy atom. The lowest BCUT2D eigenvalue weighted by Gasteiger charge is -2.04. The van der Waals surface area contributed by atoms with E-state index in [1.54, 1.807) is 12.1 Å². The number of benzene rings is 1. The first kappa shape index (κ1) is 15.3. The van der Waals surface area contributed by atoms with E-state index >= 15 is 0 Å². The molecule has 2 rings (SSSR count). The van der Waals surface area contributed by atoms with Crippen LogP contribution in [0.5, 0.6) is 0 Å². The highest BCUT2D eigenvalue weighted by molar-refractivity contribution is 6.36. The van der Waals surface area contributed by atoms with Crippen LogP contribution < -0.4 is 5.73 Å². The van der Waals surface area contributed by atoms with Gasteiger partial charge in [0.15, 0.2) is 5.82 Å². The topological polar surface area (TPSA) is 64.9 Å². The summed E-state index contributed by atoms with van der Waals surface area (Å²) >= 11 is 12.3. The summed E-state index contributed by atoms with van der Waals surface area (Å²) in [6, 6.07) is 5.41. The quantitative estimate of drug-likeness (QED) is 0.880. The lowest BCUT2D eigenvalue weighted by atomic mass is 10.1. The highest BCUT2D eigenvalue weighted by Crippen LogP contribution is 2.27. The van der Waals surface area contributed by atoms with E-state index in [-0.39, 0.29) is 5.92 Å². The Labute approximate surface area is 128 Å². The van der Waals surface area contributed by atoms with Crippen molar-refractivity contribution in [2.45, 2.75) is 32.1 Å². The van der Waals surface area contributed by atoms with Gasteiger partial charge in [-0.2, -0.15) is 4.98 Å². The first-order chi connectivity index (χ1) is 9.61. The minimum atomic E-state index is 0.210. The standard InChI is InChI=1S/C14H17Cl2N3O/c1-9(4-3-7-17)14-18-13(19-20-14)8-10-11(15)5-2-6-12(10)16/h2,5-6,9H,3-4,7-8,17H2,1H3. The molecule has 0 aliphatic heterocycles. The van der Waals surface area contributed by atoms with Gasteiger partial charge >= 0.3 is 0 Å². The Morgan fingerprint density at radius 2 is 2.00 bits per heavy atom. The first-order valence-electron chi connectivity index (χ1n) is 6.57. The van der Waals surface area contributed by atoms with Gasteiger partial charge in [0.1, 0.15) is 0 Å². The third-order valence-electron chi connectivity index (χ3n) is 3.14. The Kier molecular flexibility index (Phi) is 5.40. The van der Waals surface area contributed by atoms with E-state index in [1.165, 1.54) is 0 Å². The molecule has 1 unspecified atom stereocenters. The second kappa shape index (κ2) is 7.07.